The summed E-state index contributed by atoms with van der Waals surface area (Å²) >= 11 is 0. The number of nitrogens with two attached hydrogens (primary N) is 4. The third-order valence-corrected chi connectivity index (χ3v) is 27.7. The molecule has 0 spiro atoms. The first-order valence-electron chi connectivity index (χ1n) is 47.5. The second-order valence-electron chi connectivity index (χ2n) is 37.3. The number of alkyl halides is 4. The lowest BCUT2D eigenvalue weighted by Crippen LogP contribution is -2.54. The van der Waals surface area contributed by atoms with Crippen LogP contribution in [0.2, 0.25) is 0 Å². The molecule has 16 rings (SSSR count). The molecule has 145 heavy (non-hydrogen) atoms. The van der Waals surface area contributed by atoms with Crippen molar-refractivity contribution < 1.29 is 89.1 Å². The Morgan fingerprint density at radius 2 is 0.834 bits per heavy atom. The van der Waals surface area contributed by atoms with Crippen LogP contribution in [0.3, 0.4) is 0 Å². The predicted molar refractivity (Wildman–Crippen MR) is 523 cm³/mol. The molecule has 9 aromatic rings. The highest BCUT2D eigenvalue weighted by molar-refractivity contribution is 6.04. The van der Waals surface area contributed by atoms with E-state index in [1.807, 2.05) is 70.2 Å². The number of phenols is 2. The average molecular weight is 2000 g/mol. The van der Waals surface area contributed by atoms with Crippen molar-refractivity contribution in [3.8, 4) is 47.1 Å². The number of piperidine rings is 4. The number of allylic oxidation sites excluding steroid dienone is 5. The van der Waals surface area contributed by atoms with E-state index in [1.54, 1.807) is 30.0 Å². The lowest BCUT2D eigenvalue weighted by atomic mass is 9.83. The molecule has 0 radical (unpaired) electrons. The highest BCUT2D eigenvalue weighted by atomic mass is 19.1. The summed E-state index contributed by atoms with van der Waals surface area (Å²) in [6, 6.07) is 36.0. The van der Waals surface area contributed by atoms with Crippen LogP contribution in [0, 0.1) is 64.0 Å². The first-order valence-corrected chi connectivity index (χ1v) is 47.5. The molecule has 7 aliphatic rings. The Balaban J connectivity index is 0.000000162. The van der Waals surface area contributed by atoms with E-state index in [9.17, 15) is 74.0 Å². The molecule has 43 heteroatoms. The van der Waals surface area contributed by atoms with Crippen molar-refractivity contribution in [1.82, 2.24) is 58.7 Å². The van der Waals surface area contributed by atoms with E-state index in [4.69, 9.17) is 27.4 Å². The minimum Gasteiger partial charge on any atom is -0.507 e. The normalized spacial score (nSPS) is 21.6. The Labute approximate surface area is 833 Å². The minimum atomic E-state index is -1.66. The molecule has 4 aliphatic heterocycles. The molecule has 0 bridgehead atoms. The van der Waals surface area contributed by atoms with E-state index in [0.717, 1.165) is 103 Å². The van der Waals surface area contributed by atoms with Gasteiger partial charge in [0.1, 0.15) is 97.9 Å². The maximum absolute atomic E-state index is 15.8. The first kappa shape index (κ1) is 107. The van der Waals surface area contributed by atoms with Crippen LogP contribution in [-0.2, 0) is 67.3 Å². The van der Waals surface area contributed by atoms with Crippen molar-refractivity contribution >= 4 is 87.8 Å². The van der Waals surface area contributed by atoms with Crippen LogP contribution in [0.1, 0.15) is 209 Å². The summed E-state index contributed by atoms with van der Waals surface area (Å²) in [5.74, 6) is -3.79. The zero-order valence-corrected chi connectivity index (χ0v) is 81.1. The molecule has 8 atom stereocenters. The quantitative estimate of drug-likeness (QED) is 0.0154. The van der Waals surface area contributed by atoms with Gasteiger partial charge >= 0.3 is 18.3 Å². The second kappa shape index (κ2) is 47.1. The topological polar surface area (TPSA) is 549 Å². The molecule has 1 saturated carbocycles. The second-order valence-corrected chi connectivity index (χ2v) is 37.3. The standard InChI is InChI=1S/C26H31FN6O4.C26H31FN6O3.C25H26F2N6O5.C25H29FN6O2/c1-37-25(36)30-24-20(23(29)35)15-33(31-24)26(9-11-28)10-12-32(16-22(26)27)14-17-7-8-19(21(34)13-17)18-5-3-2-4-6-18;1-36-25(35)30-24-21(23(29)34)16-33(31-24)26(11-13-28)12-14-32(17-22(26)27)15-18-7-9-20(10-8-18)19-5-3-2-4-6-19;1-14-3-4-20(38-14)16-10-18(26)15(9-19(16)34)11-32-8-6-25(5-7-28,21(27)13-32)33-12-17(22(29)35)23(31-33)30-24(36)37-2;1-16(2)18-5-3-17(4-6-18)13-31-12-10-25(9-11-27,21(26)15-31)32-14-20(22(28)33)23(30-32)29-24(34)19-7-8-19/h5,7-8,13,15,22,34H,2-4,6,9-10,12,14,16H2,1H3,(H2,29,35)(H,30,31,36);5,7-10,16,22H,2-4,6,11-12,14-15,17H2,1H3,(H2,29,34)(H,30,31,35);3-4,9-10,12,21,34H,5-6,8,11,13H2,1-2H3,(H2,29,35)(H,30,31,36);3-6,14,19,21H,1,7-10,12-13,15H2,2H3,(H2,28,33)(H,29,30,34). The number of amides is 8. The number of nitrogens with one attached hydrogen (secondary N) is 4. The maximum atomic E-state index is 15.8. The number of primary amides is 4. The van der Waals surface area contributed by atoms with E-state index in [0.29, 0.717) is 63.6 Å². The van der Waals surface area contributed by atoms with Crippen LogP contribution in [-0.4, -0.2) is 215 Å². The number of halogens is 5. The van der Waals surface area contributed by atoms with E-state index in [1.165, 1.54) is 88.5 Å². The molecule has 14 N–H and O–H groups in total. The molecular formula is C102H117F5N24O14. The average Bonchev–Trinajstić information content (AvgIpc) is 1.66. The fourth-order valence-corrected chi connectivity index (χ4v) is 19.1. The summed E-state index contributed by atoms with van der Waals surface area (Å²) in [6.45, 7) is 11.0. The number of aromatic nitrogens is 8. The molecule has 9 heterocycles. The zero-order valence-electron chi connectivity index (χ0n) is 81.1. The largest absolute Gasteiger partial charge is 0.507 e. The number of hydrogen-bond acceptors (Lipinski definition) is 26. The van der Waals surface area contributed by atoms with Gasteiger partial charge in [0.15, 0.2) is 23.3 Å². The Hall–Kier alpha value is -15.6. The molecule has 3 aliphatic carbocycles. The van der Waals surface area contributed by atoms with Gasteiger partial charge in [-0.1, -0.05) is 85.0 Å². The number of ether oxygens (including phenoxy) is 3. The number of benzene rings is 4. The Bertz CT molecular complexity index is 6540. The molecule has 764 valence electrons. The number of anilines is 4. The summed E-state index contributed by atoms with van der Waals surface area (Å²) in [5, 5.41) is 85.6. The third-order valence-electron chi connectivity index (χ3n) is 27.7. The first-order chi connectivity index (χ1) is 69.4. The zero-order chi connectivity index (χ0) is 104. The molecule has 4 aromatic carbocycles. The van der Waals surface area contributed by atoms with Crippen molar-refractivity contribution in [1.29, 1.82) is 21.0 Å². The molecule has 8 amide bonds. The Kier molecular flexibility index (Phi) is 34.7. The molecule has 5 fully saturated rings. The van der Waals surface area contributed by atoms with E-state index in [2.05, 4.69) is 111 Å². The van der Waals surface area contributed by atoms with Gasteiger partial charge in [-0.2, -0.15) is 41.4 Å². The Morgan fingerprint density at radius 3 is 1.17 bits per heavy atom. The van der Waals surface area contributed by atoms with Crippen LogP contribution in [0.25, 0.3) is 28.0 Å². The van der Waals surface area contributed by atoms with Crippen molar-refractivity contribution in [2.24, 2.45) is 28.9 Å². The number of hydrogen-bond donors (Lipinski definition) is 10. The number of carbonyl (C=O) groups excluding carboxylic acids is 8. The SMILES string of the molecule is C=C(C)c1ccc(CN2CCC(CC#N)(n3cc(C(N)=O)c(NC(=O)C4CC4)n3)C(F)C2)cc1.COC(=O)Nc1nn(C2(CC#N)CCN(Cc3cc(O)c(-c4ccc(C)o4)cc3F)CC2F)cc1C(N)=O.COC(=O)Nc1nn(C2(CC#N)CCN(Cc3ccc(C4=CCCCC4)c(O)c3)CC2F)cc1C(N)=O.COC(=O)Nc1nn(C2(CC#N)CCN(Cc3ccc(C4=CCCCC4)cc3)CC2F)cc1C(N)=O. The number of rotatable bonds is 29. The monoisotopic (exact) mass is 2000 g/mol. The maximum Gasteiger partial charge on any atom is 0.412 e. The van der Waals surface area contributed by atoms with Crippen LogP contribution >= 0.6 is 0 Å². The van der Waals surface area contributed by atoms with Crippen molar-refractivity contribution in [3.63, 3.8) is 0 Å². The van der Waals surface area contributed by atoms with Crippen molar-refractivity contribution in [2.75, 3.05) is 95.0 Å². The lowest BCUT2D eigenvalue weighted by Gasteiger charge is -2.43. The number of nitrogens with zero attached hydrogens (tertiary/aromatic N) is 16. The highest BCUT2D eigenvalue weighted by Crippen LogP contribution is 2.45. The van der Waals surface area contributed by atoms with E-state index in [-0.39, 0.29) is 158 Å². The number of methoxy groups -OCH3 is 3. The fraction of sp³-hybridized carbons (Fsp3) is 0.431. The van der Waals surface area contributed by atoms with Gasteiger partial charge < -0.3 is 57.1 Å². The van der Waals surface area contributed by atoms with Gasteiger partial charge in [0, 0.05) is 120 Å². The highest BCUT2D eigenvalue weighted by Gasteiger charge is 2.52. The number of aryl methyl sites for hydroxylation is 1. The summed E-state index contributed by atoms with van der Waals surface area (Å²) in [6.07, 6.45) is 11.7. The van der Waals surface area contributed by atoms with Crippen LogP contribution in [0.5, 0.6) is 11.5 Å². The summed E-state index contributed by atoms with van der Waals surface area (Å²) < 4.78 is 102. The van der Waals surface area contributed by atoms with Crippen LogP contribution < -0.4 is 44.2 Å². The molecule has 8 unspecified atom stereocenters. The number of aromatic hydroxyl groups is 2. The lowest BCUT2D eigenvalue weighted by molar-refractivity contribution is -0.117. The third kappa shape index (κ3) is 24.8. The summed E-state index contributed by atoms with van der Waals surface area (Å²) in [5.41, 5.74) is 26.1. The number of phenolic OH excluding ortho intramolecular Hbond substituents is 2. The van der Waals surface area contributed by atoms with Crippen LogP contribution in [0.15, 0.2) is 139 Å². The molecular weight excluding hydrogens is 1880 g/mol. The van der Waals surface area contributed by atoms with Gasteiger partial charge in [-0.3, -0.25) is 78.2 Å². The number of likely N-dealkylation sites (tertiary alicyclic amines) is 4. The van der Waals surface area contributed by atoms with Crippen molar-refractivity contribution in [3.05, 3.63) is 207 Å². The number of furan rings is 1. The Morgan fingerprint density at radius 1 is 0.476 bits per heavy atom. The van der Waals surface area contributed by atoms with E-state index >= 15 is 17.6 Å². The summed E-state index contributed by atoms with van der Waals surface area (Å²) in [7, 11) is 3.44. The van der Waals surface area contributed by atoms with Gasteiger partial charge in [0.05, 0.1) is 76.9 Å². The minimum absolute atomic E-state index is 0.000693. The molecule has 38 nitrogen and oxygen atoms in total. The van der Waals surface area contributed by atoms with Crippen LogP contribution in [0.4, 0.5) is 59.6 Å². The number of nitriles is 4. The van der Waals surface area contributed by atoms with Gasteiger partial charge in [-0.05, 0) is 173 Å². The summed E-state index contributed by atoms with van der Waals surface area (Å²) in [4.78, 5) is 103. The van der Waals surface area contributed by atoms with Gasteiger partial charge in [-0.15, -0.1) is 0 Å². The molecule has 5 aromatic heterocycles. The van der Waals surface area contributed by atoms with Crippen molar-refractivity contribution in [2.45, 2.75) is 202 Å². The predicted octanol–water partition coefficient (Wildman–Crippen LogP) is 14.3. The smallest absolute Gasteiger partial charge is 0.412 e. The molecule has 4 saturated heterocycles. The number of carbonyl (C=O) groups is 8. The van der Waals surface area contributed by atoms with Gasteiger partial charge in [-0.25, -0.2) is 36.3 Å². The van der Waals surface area contributed by atoms with E-state index < -0.39 is 94.6 Å². The fourth-order valence-electron chi connectivity index (χ4n) is 19.1. The van der Waals surface area contributed by atoms with Gasteiger partial charge in [0.25, 0.3) is 23.6 Å². The van der Waals surface area contributed by atoms with Gasteiger partial charge in [0.2, 0.25) is 5.91 Å².